The van der Waals surface area contributed by atoms with Gasteiger partial charge in [0.15, 0.2) is 5.03 Å². The lowest BCUT2D eigenvalue weighted by Crippen LogP contribution is -2.29. The Morgan fingerprint density at radius 2 is 2.22 bits per heavy atom. The number of sulfonamides is 1. The van der Waals surface area contributed by atoms with Gasteiger partial charge in [0.2, 0.25) is 0 Å². The minimum absolute atomic E-state index is 0.0537. The Morgan fingerprint density at radius 3 is 2.72 bits per heavy atom. The zero-order valence-electron chi connectivity index (χ0n) is 11.0. The van der Waals surface area contributed by atoms with Crippen LogP contribution in [0, 0.1) is 12.8 Å². The summed E-state index contributed by atoms with van der Waals surface area (Å²) in [5.41, 5.74) is 0. The normalized spacial score (nSPS) is 13.8. The highest BCUT2D eigenvalue weighted by Crippen LogP contribution is 2.09. The molecule has 1 atom stereocenters. The predicted molar refractivity (Wildman–Crippen MR) is 68.7 cm³/mol. The van der Waals surface area contributed by atoms with E-state index in [1.165, 1.54) is 6.20 Å². The molecule has 0 aliphatic rings. The van der Waals surface area contributed by atoms with E-state index in [0.29, 0.717) is 25.3 Å². The molecule has 1 aromatic heterocycles. The van der Waals surface area contributed by atoms with E-state index >= 15 is 0 Å². The first kappa shape index (κ1) is 15.1. The fourth-order valence-corrected chi connectivity index (χ4v) is 2.75. The van der Waals surface area contributed by atoms with Crippen LogP contribution in [0.3, 0.4) is 0 Å². The van der Waals surface area contributed by atoms with Crippen LogP contribution >= 0.6 is 0 Å². The van der Waals surface area contributed by atoms with Gasteiger partial charge in [-0.05, 0) is 26.2 Å². The molecule has 1 unspecified atom stereocenters. The van der Waals surface area contributed by atoms with E-state index < -0.39 is 10.0 Å². The summed E-state index contributed by atoms with van der Waals surface area (Å²) < 4.78 is 28.2. The molecule has 0 radical (unpaired) electrons. The fraction of sp³-hybridized carbons (Fsp3) is 0.727. The first-order chi connectivity index (χ1) is 8.40. The molecule has 2 N–H and O–H groups in total. The number of nitrogens with one attached hydrogen (secondary N) is 1. The van der Waals surface area contributed by atoms with Crippen molar-refractivity contribution in [3.05, 3.63) is 12.0 Å². The van der Waals surface area contributed by atoms with Crippen LogP contribution in [0.2, 0.25) is 0 Å². The number of hydrogen-bond donors (Lipinski definition) is 2. The molecular formula is C11H21N3O3S. The number of aliphatic hydroxyl groups is 1. The van der Waals surface area contributed by atoms with E-state index in [4.69, 9.17) is 5.11 Å². The van der Waals surface area contributed by atoms with Gasteiger partial charge < -0.3 is 9.67 Å². The number of rotatable bonds is 7. The average molecular weight is 275 g/mol. The van der Waals surface area contributed by atoms with Gasteiger partial charge in [-0.3, -0.25) is 0 Å². The van der Waals surface area contributed by atoms with E-state index in [9.17, 15) is 8.42 Å². The summed E-state index contributed by atoms with van der Waals surface area (Å²) in [5, 5.41) is 8.82. The molecule has 0 fully saturated rings. The van der Waals surface area contributed by atoms with Gasteiger partial charge in [-0.15, -0.1) is 0 Å². The summed E-state index contributed by atoms with van der Waals surface area (Å²) in [6, 6.07) is 0. The van der Waals surface area contributed by atoms with Crippen LogP contribution in [0.5, 0.6) is 0 Å². The molecule has 0 spiro atoms. The van der Waals surface area contributed by atoms with Crippen LogP contribution in [0.15, 0.2) is 11.2 Å². The number of aryl methyl sites for hydroxylation is 2. The smallest absolute Gasteiger partial charge is 0.259 e. The van der Waals surface area contributed by atoms with Crippen molar-refractivity contribution >= 4 is 10.0 Å². The van der Waals surface area contributed by atoms with E-state index in [1.54, 1.807) is 11.5 Å². The van der Waals surface area contributed by atoms with E-state index in [2.05, 4.69) is 9.71 Å². The maximum Gasteiger partial charge on any atom is 0.259 e. The van der Waals surface area contributed by atoms with Crippen molar-refractivity contribution in [2.75, 3.05) is 13.2 Å². The Hall–Kier alpha value is -0.920. The highest BCUT2D eigenvalue weighted by Gasteiger charge is 2.19. The molecule has 1 aromatic rings. The summed E-state index contributed by atoms with van der Waals surface area (Å²) in [5.74, 6) is 0.778. The zero-order chi connectivity index (χ0) is 13.8. The maximum absolute atomic E-state index is 12.0. The van der Waals surface area contributed by atoms with Crippen molar-refractivity contribution in [3.63, 3.8) is 0 Å². The molecule has 0 saturated carbocycles. The minimum Gasteiger partial charge on any atom is -0.396 e. The van der Waals surface area contributed by atoms with Gasteiger partial charge in [-0.1, -0.05) is 6.92 Å². The zero-order valence-corrected chi connectivity index (χ0v) is 11.9. The Balaban J connectivity index is 2.74. The number of imidazole rings is 1. The molecular weight excluding hydrogens is 254 g/mol. The van der Waals surface area contributed by atoms with Crippen molar-refractivity contribution in [1.82, 2.24) is 14.3 Å². The molecule has 18 heavy (non-hydrogen) atoms. The summed E-state index contributed by atoms with van der Waals surface area (Å²) in [7, 11) is -3.55. The van der Waals surface area contributed by atoms with Crippen LogP contribution in [-0.4, -0.2) is 36.2 Å². The van der Waals surface area contributed by atoms with Crippen molar-refractivity contribution in [2.24, 2.45) is 5.92 Å². The second-order valence-electron chi connectivity index (χ2n) is 4.38. The number of hydrogen-bond acceptors (Lipinski definition) is 4. The molecule has 0 aromatic carbocycles. The van der Waals surface area contributed by atoms with Crippen LogP contribution in [-0.2, 0) is 16.6 Å². The van der Waals surface area contributed by atoms with E-state index in [-0.39, 0.29) is 17.6 Å². The second-order valence-corrected chi connectivity index (χ2v) is 6.10. The van der Waals surface area contributed by atoms with Crippen molar-refractivity contribution < 1.29 is 13.5 Å². The molecule has 104 valence electrons. The first-order valence-electron chi connectivity index (χ1n) is 6.05. The van der Waals surface area contributed by atoms with Crippen LogP contribution in [0.4, 0.5) is 0 Å². The maximum atomic E-state index is 12.0. The van der Waals surface area contributed by atoms with Crippen molar-refractivity contribution in [2.45, 2.75) is 38.8 Å². The standard InChI is InChI=1S/C11H21N3O3S/c1-4-14-8-11(13-10(14)3)18(16,17)12-7-9(2)5-6-15/h8-9,12,15H,4-7H2,1-3H3. The lowest BCUT2D eigenvalue weighted by molar-refractivity contribution is 0.263. The van der Waals surface area contributed by atoms with Gasteiger partial charge in [0.1, 0.15) is 5.82 Å². The van der Waals surface area contributed by atoms with Crippen molar-refractivity contribution in [3.8, 4) is 0 Å². The summed E-state index contributed by atoms with van der Waals surface area (Å²) in [4.78, 5) is 4.04. The lowest BCUT2D eigenvalue weighted by atomic mass is 10.1. The Kier molecular flexibility index (Phi) is 5.30. The molecule has 6 nitrogen and oxygen atoms in total. The highest BCUT2D eigenvalue weighted by molar-refractivity contribution is 7.89. The van der Waals surface area contributed by atoms with Gasteiger partial charge in [0.25, 0.3) is 10.0 Å². The third kappa shape index (κ3) is 3.79. The second kappa shape index (κ2) is 6.31. The fourth-order valence-electron chi connectivity index (χ4n) is 1.58. The average Bonchev–Trinajstić information content (AvgIpc) is 2.69. The monoisotopic (exact) mass is 275 g/mol. The van der Waals surface area contributed by atoms with Crippen LogP contribution < -0.4 is 4.72 Å². The molecule has 0 aliphatic heterocycles. The summed E-state index contributed by atoms with van der Waals surface area (Å²) in [6.07, 6.45) is 2.11. The van der Waals surface area contributed by atoms with E-state index in [1.807, 2.05) is 13.8 Å². The Morgan fingerprint density at radius 1 is 1.56 bits per heavy atom. The molecule has 1 heterocycles. The van der Waals surface area contributed by atoms with Gasteiger partial charge in [-0.2, -0.15) is 0 Å². The minimum atomic E-state index is -3.55. The van der Waals surface area contributed by atoms with Gasteiger partial charge in [-0.25, -0.2) is 18.1 Å². The third-order valence-corrected chi connectivity index (χ3v) is 4.11. The SMILES string of the molecule is CCn1cc(S(=O)(=O)NCC(C)CCO)nc1C. The summed E-state index contributed by atoms with van der Waals surface area (Å²) >= 11 is 0. The van der Waals surface area contributed by atoms with E-state index in [0.717, 1.165) is 0 Å². The third-order valence-electron chi connectivity index (χ3n) is 2.81. The number of aliphatic hydroxyl groups excluding tert-OH is 1. The number of nitrogens with zero attached hydrogens (tertiary/aromatic N) is 2. The van der Waals surface area contributed by atoms with Gasteiger partial charge >= 0.3 is 0 Å². The molecule has 0 saturated heterocycles. The predicted octanol–water partition coefficient (Wildman–Crippen LogP) is 0.508. The Bertz CT molecular complexity index is 482. The Labute approximate surface area is 108 Å². The first-order valence-corrected chi connectivity index (χ1v) is 7.53. The molecule has 1 rings (SSSR count). The van der Waals surface area contributed by atoms with Gasteiger partial charge in [0.05, 0.1) is 0 Å². The highest BCUT2D eigenvalue weighted by atomic mass is 32.2. The topological polar surface area (TPSA) is 84.2 Å². The quantitative estimate of drug-likeness (QED) is 0.759. The van der Waals surface area contributed by atoms with Crippen LogP contribution in [0.1, 0.15) is 26.1 Å². The largest absolute Gasteiger partial charge is 0.396 e. The lowest BCUT2D eigenvalue weighted by Gasteiger charge is -2.10. The molecule has 0 amide bonds. The molecule has 7 heteroatoms. The number of aromatic nitrogens is 2. The van der Waals surface area contributed by atoms with Crippen molar-refractivity contribution in [1.29, 1.82) is 0 Å². The van der Waals surface area contributed by atoms with Crippen LogP contribution in [0.25, 0.3) is 0 Å². The summed E-state index contributed by atoms with van der Waals surface area (Å²) in [6.45, 7) is 6.65. The molecule has 0 aliphatic carbocycles. The van der Waals surface area contributed by atoms with Gasteiger partial charge in [0, 0.05) is 25.9 Å². The molecule has 0 bridgehead atoms.